The molecule has 0 spiro atoms. The van der Waals surface area contributed by atoms with Crippen molar-refractivity contribution in [2.45, 2.75) is 0 Å². The molecule has 1 heterocycles. The molecule has 0 bridgehead atoms. The molecule has 1 aromatic rings. The first-order valence-electron chi connectivity index (χ1n) is 8.60. The summed E-state index contributed by atoms with van der Waals surface area (Å²) in [6, 6.07) is 4.92. The second kappa shape index (κ2) is 11.6. The van der Waals surface area contributed by atoms with Crippen molar-refractivity contribution in [2.24, 2.45) is 0 Å². The van der Waals surface area contributed by atoms with Gasteiger partial charge in [-0.15, -0.1) is 0 Å². The Hall–Kier alpha value is -1.94. The summed E-state index contributed by atoms with van der Waals surface area (Å²) in [6.07, 6.45) is 0. The van der Waals surface area contributed by atoms with E-state index in [1.165, 1.54) is 6.07 Å². The molecule has 0 radical (unpaired) electrons. The highest BCUT2D eigenvalue weighted by molar-refractivity contribution is 5.65. The van der Waals surface area contributed by atoms with Gasteiger partial charge in [0.2, 0.25) is 0 Å². The minimum Gasteiger partial charge on any atom is -0.491 e. The molecule has 0 atom stereocenters. The Labute approximate surface area is 152 Å². The number of nitro benzene ring substituents is 1. The lowest BCUT2D eigenvalue weighted by Gasteiger charge is -2.28. The standard InChI is InChI=1S/C17H26N2O7/c1-22-8-9-24-10-11-25-12-13-26-15-2-3-16(17(14-15)19(20)21)18-4-6-23-7-5-18/h2-3,14H,4-13H2,1H3. The van der Waals surface area contributed by atoms with E-state index in [0.29, 0.717) is 77.4 Å². The summed E-state index contributed by atoms with van der Waals surface area (Å²) in [6.45, 7) is 5.16. The molecule has 0 aromatic heterocycles. The maximum Gasteiger partial charge on any atom is 0.296 e. The SMILES string of the molecule is COCCOCCOCCOc1ccc(N2CCOCC2)c([N+](=O)[O-])c1. The quantitative estimate of drug-likeness (QED) is 0.310. The Morgan fingerprint density at radius 2 is 1.73 bits per heavy atom. The molecule has 2 rings (SSSR count). The molecular weight excluding hydrogens is 344 g/mol. The Morgan fingerprint density at radius 3 is 2.38 bits per heavy atom. The van der Waals surface area contributed by atoms with Gasteiger partial charge in [-0.05, 0) is 12.1 Å². The van der Waals surface area contributed by atoms with Crippen molar-refractivity contribution in [1.82, 2.24) is 0 Å². The number of methoxy groups -OCH3 is 1. The number of rotatable bonds is 12. The van der Waals surface area contributed by atoms with Crippen molar-refractivity contribution in [3.63, 3.8) is 0 Å². The fraction of sp³-hybridized carbons (Fsp3) is 0.647. The molecule has 0 amide bonds. The van der Waals surface area contributed by atoms with Gasteiger partial charge < -0.3 is 28.6 Å². The number of ether oxygens (including phenoxy) is 5. The topological polar surface area (TPSA) is 92.5 Å². The molecular formula is C17H26N2O7. The van der Waals surface area contributed by atoms with Crippen LogP contribution in [-0.2, 0) is 18.9 Å². The van der Waals surface area contributed by atoms with Crippen LogP contribution in [0.25, 0.3) is 0 Å². The van der Waals surface area contributed by atoms with Crippen LogP contribution in [0.2, 0.25) is 0 Å². The fourth-order valence-corrected chi connectivity index (χ4v) is 2.49. The third-order valence-electron chi connectivity index (χ3n) is 3.80. The highest BCUT2D eigenvalue weighted by Gasteiger charge is 2.22. The Bertz CT molecular complexity index is 550. The second-order valence-corrected chi connectivity index (χ2v) is 5.57. The van der Waals surface area contributed by atoms with Crippen molar-refractivity contribution < 1.29 is 28.6 Å². The van der Waals surface area contributed by atoms with Crippen LogP contribution < -0.4 is 9.64 Å². The first kappa shape index (κ1) is 20.4. The minimum atomic E-state index is -0.383. The molecule has 1 fully saturated rings. The maximum absolute atomic E-state index is 11.4. The fourth-order valence-electron chi connectivity index (χ4n) is 2.49. The maximum atomic E-state index is 11.4. The molecule has 9 heteroatoms. The molecule has 0 N–H and O–H groups in total. The van der Waals surface area contributed by atoms with E-state index >= 15 is 0 Å². The zero-order chi connectivity index (χ0) is 18.6. The number of anilines is 1. The number of hydrogen-bond donors (Lipinski definition) is 0. The van der Waals surface area contributed by atoms with E-state index in [1.807, 2.05) is 4.90 Å². The molecule has 0 aliphatic carbocycles. The van der Waals surface area contributed by atoms with Gasteiger partial charge in [0, 0.05) is 20.2 Å². The summed E-state index contributed by atoms with van der Waals surface area (Å²) in [5, 5.41) is 11.4. The number of nitrogens with zero attached hydrogens (tertiary/aromatic N) is 2. The smallest absolute Gasteiger partial charge is 0.296 e. The van der Waals surface area contributed by atoms with E-state index in [2.05, 4.69) is 0 Å². The van der Waals surface area contributed by atoms with Crippen LogP contribution >= 0.6 is 0 Å². The lowest BCUT2D eigenvalue weighted by molar-refractivity contribution is -0.384. The summed E-state index contributed by atoms with van der Waals surface area (Å²) in [5.74, 6) is 0.452. The number of morpholine rings is 1. The molecule has 0 unspecified atom stereocenters. The van der Waals surface area contributed by atoms with Crippen LogP contribution in [0.15, 0.2) is 18.2 Å². The molecule has 146 valence electrons. The molecule has 1 aromatic carbocycles. The Kier molecular flexibility index (Phi) is 9.11. The zero-order valence-electron chi connectivity index (χ0n) is 15.1. The highest BCUT2D eigenvalue weighted by Crippen LogP contribution is 2.32. The largest absolute Gasteiger partial charge is 0.491 e. The lowest BCUT2D eigenvalue weighted by atomic mass is 10.2. The van der Waals surface area contributed by atoms with E-state index in [1.54, 1.807) is 19.2 Å². The van der Waals surface area contributed by atoms with E-state index in [4.69, 9.17) is 23.7 Å². The summed E-state index contributed by atoms with van der Waals surface area (Å²) < 4.78 is 26.4. The van der Waals surface area contributed by atoms with E-state index in [-0.39, 0.29) is 10.6 Å². The Balaban J connectivity index is 1.75. The summed E-state index contributed by atoms with van der Waals surface area (Å²) in [4.78, 5) is 13.0. The molecule has 1 aliphatic rings. The van der Waals surface area contributed by atoms with Gasteiger partial charge in [0.15, 0.2) is 0 Å². The second-order valence-electron chi connectivity index (χ2n) is 5.57. The average molecular weight is 370 g/mol. The summed E-state index contributed by atoms with van der Waals surface area (Å²) >= 11 is 0. The molecule has 1 aliphatic heterocycles. The van der Waals surface area contributed by atoms with Gasteiger partial charge in [0.25, 0.3) is 5.69 Å². The van der Waals surface area contributed by atoms with Crippen LogP contribution in [0.5, 0.6) is 5.75 Å². The number of nitro groups is 1. The van der Waals surface area contributed by atoms with Crippen LogP contribution in [0.1, 0.15) is 0 Å². The van der Waals surface area contributed by atoms with Gasteiger partial charge in [-0.3, -0.25) is 10.1 Å². The number of hydrogen-bond acceptors (Lipinski definition) is 8. The predicted octanol–water partition coefficient (Wildman–Crippen LogP) is 1.49. The molecule has 0 saturated carbocycles. The van der Waals surface area contributed by atoms with Crippen molar-refractivity contribution >= 4 is 11.4 Å². The monoisotopic (exact) mass is 370 g/mol. The average Bonchev–Trinajstić information content (AvgIpc) is 2.67. The lowest BCUT2D eigenvalue weighted by Crippen LogP contribution is -2.36. The van der Waals surface area contributed by atoms with Crippen LogP contribution in [0.3, 0.4) is 0 Å². The third-order valence-corrected chi connectivity index (χ3v) is 3.80. The van der Waals surface area contributed by atoms with Crippen LogP contribution in [0, 0.1) is 10.1 Å². The van der Waals surface area contributed by atoms with Gasteiger partial charge in [-0.1, -0.05) is 0 Å². The van der Waals surface area contributed by atoms with Gasteiger partial charge in [-0.2, -0.15) is 0 Å². The van der Waals surface area contributed by atoms with E-state index in [0.717, 1.165) is 0 Å². The van der Waals surface area contributed by atoms with Crippen LogP contribution in [-0.4, -0.2) is 78.0 Å². The van der Waals surface area contributed by atoms with Gasteiger partial charge in [0.05, 0.1) is 57.2 Å². The molecule has 26 heavy (non-hydrogen) atoms. The van der Waals surface area contributed by atoms with Crippen molar-refractivity contribution in [2.75, 3.05) is 78.0 Å². The van der Waals surface area contributed by atoms with E-state index < -0.39 is 0 Å². The summed E-state index contributed by atoms with van der Waals surface area (Å²) in [7, 11) is 1.62. The van der Waals surface area contributed by atoms with Crippen LogP contribution in [0.4, 0.5) is 11.4 Å². The zero-order valence-corrected chi connectivity index (χ0v) is 15.1. The first-order valence-corrected chi connectivity index (χ1v) is 8.60. The van der Waals surface area contributed by atoms with Crippen molar-refractivity contribution in [3.05, 3.63) is 28.3 Å². The summed E-state index contributed by atoms with van der Waals surface area (Å²) in [5.41, 5.74) is 0.631. The van der Waals surface area contributed by atoms with Gasteiger partial charge >= 0.3 is 0 Å². The molecule has 9 nitrogen and oxygen atoms in total. The third kappa shape index (κ3) is 6.75. The predicted molar refractivity (Wildman–Crippen MR) is 95.1 cm³/mol. The normalized spacial score (nSPS) is 14.4. The van der Waals surface area contributed by atoms with Gasteiger partial charge in [0.1, 0.15) is 18.0 Å². The van der Waals surface area contributed by atoms with E-state index in [9.17, 15) is 10.1 Å². The van der Waals surface area contributed by atoms with Gasteiger partial charge in [-0.25, -0.2) is 0 Å². The Morgan fingerprint density at radius 1 is 1.08 bits per heavy atom. The first-order chi connectivity index (χ1) is 12.7. The molecule has 1 saturated heterocycles. The van der Waals surface area contributed by atoms with Crippen molar-refractivity contribution in [1.29, 1.82) is 0 Å². The highest BCUT2D eigenvalue weighted by atomic mass is 16.6. The van der Waals surface area contributed by atoms with Crippen molar-refractivity contribution in [3.8, 4) is 5.75 Å². The number of benzene rings is 1. The minimum absolute atomic E-state index is 0.0388.